The topological polar surface area (TPSA) is 84.1 Å². The first-order valence-electron chi connectivity index (χ1n) is 6.55. The number of rotatable bonds is 5. The highest BCUT2D eigenvalue weighted by Gasteiger charge is 2.28. The number of hydrogen-bond donors (Lipinski definition) is 2. The summed E-state index contributed by atoms with van der Waals surface area (Å²) >= 11 is 0. The SMILES string of the molecule is COC(=O)C(C)C(NC(=O)c1cnc[nH]1)c1ccccc1. The van der Waals surface area contributed by atoms with Gasteiger partial charge in [-0.1, -0.05) is 30.3 Å². The van der Waals surface area contributed by atoms with E-state index in [1.807, 2.05) is 30.3 Å². The third-order valence-corrected chi connectivity index (χ3v) is 3.26. The Hall–Kier alpha value is -2.63. The van der Waals surface area contributed by atoms with Crippen molar-refractivity contribution in [3.63, 3.8) is 0 Å². The van der Waals surface area contributed by atoms with Crippen molar-refractivity contribution in [3.8, 4) is 0 Å². The van der Waals surface area contributed by atoms with Gasteiger partial charge in [-0.25, -0.2) is 4.98 Å². The van der Waals surface area contributed by atoms with Crippen LogP contribution in [0.1, 0.15) is 29.0 Å². The maximum atomic E-state index is 12.2. The van der Waals surface area contributed by atoms with Crippen LogP contribution in [0.2, 0.25) is 0 Å². The number of ether oxygens (including phenoxy) is 1. The number of esters is 1. The molecule has 0 bridgehead atoms. The van der Waals surface area contributed by atoms with Crippen molar-refractivity contribution in [2.75, 3.05) is 7.11 Å². The fraction of sp³-hybridized carbons (Fsp3) is 0.267. The maximum Gasteiger partial charge on any atom is 0.310 e. The molecule has 1 aromatic carbocycles. The molecule has 110 valence electrons. The van der Waals surface area contributed by atoms with Gasteiger partial charge < -0.3 is 15.0 Å². The fourth-order valence-electron chi connectivity index (χ4n) is 2.08. The van der Waals surface area contributed by atoms with E-state index in [0.717, 1.165) is 5.56 Å². The number of nitrogens with one attached hydrogen (secondary N) is 2. The molecule has 0 radical (unpaired) electrons. The highest BCUT2D eigenvalue weighted by Crippen LogP contribution is 2.23. The average Bonchev–Trinajstić information content (AvgIpc) is 3.06. The summed E-state index contributed by atoms with van der Waals surface area (Å²) in [6.45, 7) is 1.72. The van der Waals surface area contributed by atoms with Crippen LogP contribution in [0.4, 0.5) is 0 Å². The first-order valence-corrected chi connectivity index (χ1v) is 6.55. The number of methoxy groups -OCH3 is 1. The molecule has 6 nitrogen and oxygen atoms in total. The second-order valence-electron chi connectivity index (χ2n) is 4.64. The van der Waals surface area contributed by atoms with Crippen LogP contribution in [0.15, 0.2) is 42.9 Å². The lowest BCUT2D eigenvalue weighted by Gasteiger charge is -2.23. The Morgan fingerprint density at radius 2 is 2.00 bits per heavy atom. The molecule has 2 N–H and O–H groups in total. The van der Waals surface area contributed by atoms with Crippen molar-refractivity contribution in [3.05, 3.63) is 54.1 Å². The molecule has 2 unspecified atom stereocenters. The van der Waals surface area contributed by atoms with E-state index in [0.29, 0.717) is 5.69 Å². The highest BCUT2D eigenvalue weighted by molar-refractivity contribution is 5.92. The third-order valence-electron chi connectivity index (χ3n) is 3.26. The van der Waals surface area contributed by atoms with E-state index >= 15 is 0 Å². The predicted molar refractivity (Wildman–Crippen MR) is 76.4 cm³/mol. The van der Waals surface area contributed by atoms with Crippen molar-refractivity contribution < 1.29 is 14.3 Å². The van der Waals surface area contributed by atoms with Gasteiger partial charge in [-0.3, -0.25) is 9.59 Å². The molecule has 1 amide bonds. The number of H-pyrrole nitrogens is 1. The molecular weight excluding hydrogens is 270 g/mol. The molecule has 0 aliphatic rings. The largest absolute Gasteiger partial charge is 0.469 e. The lowest BCUT2D eigenvalue weighted by atomic mass is 9.94. The van der Waals surface area contributed by atoms with E-state index in [9.17, 15) is 9.59 Å². The van der Waals surface area contributed by atoms with Gasteiger partial charge in [0.2, 0.25) is 0 Å². The minimum Gasteiger partial charge on any atom is -0.469 e. The summed E-state index contributed by atoms with van der Waals surface area (Å²) in [4.78, 5) is 30.5. The minimum atomic E-state index is -0.510. The average molecular weight is 287 g/mol. The zero-order valence-electron chi connectivity index (χ0n) is 11.9. The summed E-state index contributed by atoms with van der Waals surface area (Å²) < 4.78 is 4.78. The summed E-state index contributed by atoms with van der Waals surface area (Å²) in [5.74, 6) is -1.21. The lowest BCUT2D eigenvalue weighted by molar-refractivity contribution is -0.145. The zero-order chi connectivity index (χ0) is 15.2. The van der Waals surface area contributed by atoms with Gasteiger partial charge >= 0.3 is 5.97 Å². The minimum absolute atomic E-state index is 0.322. The van der Waals surface area contributed by atoms with Crippen molar-refractivity contribution in [1.29, 1.82) is 0 Å². The van der Waals surface area contributed by atoms with Gasteiger partial charge in [0.25, 0.3) is 5.91 Å². The predicted octanol–water partition coefficient (Wildman–Crippen LogP) is 1.69. The van der Waals surface area contributed by atoms with Gasteiger partial charge in [0.15, 0.2) is 0 Å². The Morgan fingerprint density at radius 3 is 2.57 bits per heavy atom. The molecule has 2 aromatic rings. The number of benzene rings is 1. The van der Waals surface area contributed by atoms with Crippen LogP contribution in [-0.2, 0) is 9.53 Å². The summed E-state index contributed by atoms with van der Waals surface area (Å²) in [5.41, 5.74) is 1.18. The second kappa shape index (κ2) is 6.69. The molecule has 1 aromatic heterocycles. The van der Waals surface area contributed by atoms with E-state index in [1.54, 1.807) is 6.92 Å². The Labute approximate surface area is 122 Å². The first-order chi connectivity index (χ1) is 10.1. The molecule has 0 aliphatic heterocycles. The van der Waals surface area contributed by atoms with Crippen LogP contribution >= 0.6 is 0 Å². The standard InChI is InChI=1S/C15H17N3O3/c1-10(15(20)21-2)13(11-6-4-3-5-7-11)18-14(19)12-8-16-9-17-12/h3-10,13H,1-2H3,(H,16,17)(H,18,19). The summed E-state index contributed by atoms with van der Waals surface area (Å²) in [6.07, 6.45) is 2.86. The fourth-order valence-corrected chi connectivity index (χ4v) is 2.08. The number of aromatic nitrogens is 2. The highest BCUT2D eigenvalue weighted by atomic mass is 16.5. The number of amides is 1. The maximum absolute atomic E-state index is 12.2. The summed E-state index contributed by atoms with van der Waals surface area (Å²) in [6, 6.07) is 8.83. The van der Waals surface area contributed by atoms with Gasteiger partial charge in [-0.15, -0.1) is 0 Å². The smallest absolute Gasteiger partial charge is 0.310 e. The Morgan fingerprint density at radius 1 is 1.29 bits per heavy atom. The van der Waals surface area contributed by atoms with Crippen LogP contribution in [0.3, 0.4) is 0 Å². The van der Waals surface area contributed by atoms with Gasteiger partial charge in [0.1, 0.15) is 5.69 Å². The van der Waals surface area contributed by atoms with Gasteiger partial charge in [0, 0.05) is 0 Å². The van der Waals surface area contributed by atoms with Gasteiger partial charge in [-0.05, 0) is 12.5 Å². The molecule has 0 saturated heterocycles. The van der Waals surface area contributed by atoms with Crippen molar-refractivity contribution in [1.82, 2.24) is 15.3 Å². The van der Waals surface area contributed by atoms with E-state index in [2.05, 4.69) is 15.3 Å². The quantitative estimate of drug-likeness (QED) is 0.820. The molecule has 0 saturated carbocycles. The van der Waals surface area contributed by atoms with Crippen LogP contribution in [0.25, 0.3) is 0 Å². The van der Waals surface area contributed by atoms with Crippen LogP contribution in [0.5, 0.6) is 0 Å². The monoisotopic (exact) mass is 287 g/mol. The van der Waals surface area contributed by atoms with Gasteiger partial charge in [0.05, 0.1) is 31.6 Å². The normalized spacial score (nSPS) is 13.2. The van der Waals surface area contributed by atoms with E-state index < -0.39 is 12.0 Å². The van der Waals surface area contributed by atoms with Crippen molar-refractivity contribution in [2.24, 2.45) is 5.92 Å². The number of carbonyl (C=O) groups is 2. The molecule has 2 atom stereocenters. The molecule has 2 rings (SSSR count). The van der Waals surface area contributed by atoms with Gasteiger partial charge in [-0.2, -0.15) is 0 Å². The van der Waals surface area contributed by atoms with Crippen LogP contribution in [-0.4, -0.2) is 29.0 Å². The van der Waals surface area contributed by atoms with E-state index in [1.165, 1.54) is 19.6 Å². The summed E-state index contributed by atoms with van der Waals surface area (Å²) in [5, 5.41) is 2.84. The zero-order valence-corrected chi connectivity index (χ0v) is 11.9. The number of carbonyl (C=O) groups excluding carboxylic acids is 2. The first kappa shape index (κ1) is 14.8. The Balaban J connectivity index is 2.24. The van der Waals surface area contributed by atoms with E-state index in [4.69, 9.17) is 4.74 Å². The second-order valence-corrected chi connectivity index (χ2v) is 4.64. The summed E-state index contributed by atoms with van der Waals surface area (Å²) in [7, 11) is 1.33. The molecule has 0 spiro atoms. The third kappa shape index (κ3) is 3.47. The van der Waals surface area contributed by atoms with Crippen molar-refractivity contribution >= 4 is 11.9 Å². The molecular formula is C15H17N3O3. The van der Waals surface area contributed by atoms with E-state index in [-0.39, 0.29) is 11.9 Å². The van der Waals surface area contributed by atoms with Crippen LogP contribution in [0, 0.1) is 5.92 Å². The Bertz CT molecular complexity index is 596. The molecule has 1 heterocycles. The molecule has 0 aliphatic carbocycles. The number of nitrogens with zero attached hydrogens (tertiary/aromatic N) is 1. The lowest BCUT2D eigenvalue weighted by Crippen LogP contribution is -2.36. The number of aromatic amines is 1. The molecule has 21 heavy (non-hydrogen) atoms. The van der Waals surface area contributed by atoms with Crippen molar-refractivity contribution in [2.45, 2.75) is 13.0 Å². The van der Waals surface area contributed by atoms with Crippen LogP contribution < -0.4 is 5.32 Å². The number of hydrogen-bond acceptors (Lipinski definition) is 4. The number of imidazole rings is 1. The molecule has 6 heteroatoms. The Kier molecular flexibility index (Phi) is 4.71. The molecule has 0 fully saturated rings.